The maximum Gasteiger partial charge on any atom is 0.415 e. The lowest BCUT2D eigenvalue weighted by molar-refractivity contribution is -0.389. The molecule has 2 aromatic rings. The lowest BCUT2D eigenvalue weighted by atomic mass is 9.99. The van der Waals surface area contributed by atoms with Crippen LogP contribution in [0.25, 0.3) is 0 Å². The summed E-state index contributed by atoms with van der Waals surface area (Å²) in [6.07, 6.45) is 3.81. The first-order valence-electron chi connectivity index (χ1n) is 11.7. The van der Waals surface area contributed by atoms with Gasteiger partial charge in [0.2, 0.25) is 0 Å². The Morgan fingerprint density at radius 1 is 1.12 bits per heavy atom. The van der Waals surface area contributed by atoms with Crippen molar-refractivity contribution in [2.45, 2.75) is 44.5 Å². The van der Waals surface area contributed by atoms with E-state index in [1.54, 1.807) is 4.57 Å². The van der Waals surface area contributed by atoms with Crippen LogP contribution < -0.4 is 4.74 Å². The number of nitro groups is 1. The number of benzene rings is 1. The Bertz CT molecular complexity index is 957. The van der Waals surface area contributed by atoms with Gasteiger partial charge in [-0.1, -0.05) is 23.7 Å². The molecule has 0 saturated carbocycles. The SMILES string of the molecule is C[C@]1(CN2CCC(N3CCN(Cc4ccc(Cl)cc4)CC3)CC2)Cn2cc([N+](=O)[O-])nc2O1. The second-order valence-corrected chi connectivity index (χ2v) is 10.2. The standard InChI is InChI=1S/C23H31ClN6O3/c1-23(17-29-15-21(30(31)32)25-22(29)33-23)16-27-8-6-20(7-9-27)28-12-10-26(11-13-28)14-18-2-4-19(24)5-3-18/h2-5,15,20H,6-14,16-17H2,1H3/t23-/m0/s1. The van der Waals surface area contributed by atoms with Crippen LogP contribution in [-0.4, -0.2) is 86.6 Å². The molecule has 0 bridgehead atoms. The Morgan fingerprint density at radius 3 is 2.45 bits per heavy atom. The Hall–Kier alpha value is -2.20. The van der Waals surface area contributed by atoms with Gasteiger partial charge >= 0.3 is 11.8 Å². The van der Waals surface area contributed by atoms with Gasteiger partial charge in [-0.25, -0.2) is 0 Å². The lowest BCUT2D eigenvalue weighted by Gasteiger charge is -2.43. The molecule has 33 heavy (non-hydrogen) atoms. The molecule has 1 atom stereocenters. The number of fused-ring (bicyclic) bond motifs is 1. The molecule has 3 aliphatic heterocycles. The minimum Gasteiger partial charge on any atom is -0.436 e. The van der Waals surface area contributed by atoms with Gasteiger partial charge in [0.15, 0.2) is 0 Å². The average molecular weight is 475 g/mol. The van der Waals surface area contributed by atoms with Crippen molar-refractivity contribution in [3.05, 3.63) is 51.2 Å². The predicted molar refractivity (Wildman–Crippen MR) is 126 cm³/mol. The fourth-order valence-electron chi connectivity index (χ4n) is 5.41. The summed E-state index contributed by atoms with van der Waals surface area (Å²) in [5.41, 5.74) is 0.928. The van der Waals surface area contributed by atoms with Crippen molar-refractivity contribution in [2.24, 2.45) is 0 Å². The molecule has 1 aromatic carbocycles. The van der Waals surface area contributed by atoms with Crippen LogP contribution in [0.4, 0.5) is 5.82 Å². The second-order valence-electron chi connectivity index (χ2n) is 9.76. The van der Waals surface area contributed by atoms with E-state index in [0.717, 1.165) is 57.4 Å². The molecule has 4 heterocycles. The molecule has 10 heteroatoms. The molecule has 0 radical (unpaired) electrons. The van der Waals surface area contributed by atoms with Crippen LogP contribution in [0.3, 0.4) is 0 Å². The number of nitrogens with zero attached hydrogens (tertiary/aromatic N) is 6. The molecule has 0 spiro atoms. The predicted octanol–water partition coefficient (Wildman–Crippen LogP) is 2.88. The monoisotopic (exact) mass is 474 g/mol. The normalized spacial score (nSPS) is 25.2. The third kappa shape index (κ3) is 5.16. The number of rotatable bonds is 6. The number of hydrogen-bond acceptors (Lipinski definition) is 7. The molecular weight excluding hydrogens is 444 g/mol. The Balaban J connectivity index is 1.05. The van der Waals surface area contributed by atoms with Gasteiger partial charge in [-0.3, -0.25) is 19.3 Å². The average Bonchev–Trinajstić information content (AvgIpc) is 3.32. The molecule has 178 valence electrons. The minimum absolute atomic E-state index is 0.152. The third-order valence-corrected chi connectivity index (χ3v) is 7.37. The zero-order valence-corrected chi connectivity index (χ0v) is 19.8. The Labute approximate surface area is 199 Å². The minimum atomic E-state index is -0.478. The molecule has 0 N–H and O–H groups in total. The van der Waals surface area contributed by atoms with Gasteiger partial charge in [-0.05, 0) is 55.5 Å². The van der Waals surface area contributed by atoms with Crippen molar-refractivity contribution in [2.75, 3.05) is 45.8 Å². The number of imidazole rings is 1. The molecule has 9 nitrogen and oxygen atoms in total. The number of ether oxygens (including phenoxy) is 1. The first kappa shape index (κ1) is 22.6. The van der Waals surface area contributed by atoms with Gasteiger partial charge in [0.25, 0.3) is 0 Å². The van der Waals surface area contributed by atoms with Crippen LogP contribution in [0.15, 0.2) is 30.5 Å². The van der Waals surface area contributed by atoms with Gasteiger partial charge in [0.05, 0.1) is 6.54 Å². The van der Waals surface area contributed by atoms with Gasteiger partial charge in [-0.2, -0.15) is 0 Å². The molecule has 2 fully saturated rings. The highest BCUT2D eigenvalue weighted by Crippen LogP contribution is 2.32. The van der Waals surface area contributed by atoms with Gasteiger partial charge in [0.1, 0.15) is 11.8 Å². The molecular formula is C23H31ClN6O3. The number of likely N-dealkylation sites (tertiary alicyclic amines) is 1. The maximum absolute atomic E-state index is 10.9. The van der Waals surface area contributed by atoms with E-state index < -0.39 is 10.5 Å². The smallest absolute Gasteiger partial charge is 0.415 e. The zero-order chi connectivity index (χ0) is 23.0. The van der Waals surface area contributed by atoms with E-state index in [1.807, 2.05) is 12.1 Å². The van der Waals surface area contributed by atoms with E-state index in [-0.39, 0.29) is 5.82 Å². The highest BCUT2D eigenvalue weighted by Gasteiger charge is 2.42. The summed E-state index contributed by atoms with van der Waals surface area (Å²) >= 11 is 6.00. The van der Waals surface area contributed by atoms with E-state index in [9.17, 15) is 10.1 Å². The number of piperazine rings is 1. The van der Waals surface area contributed by atoms with Crippen LogP contribution in [0.1, 0.15) is 25.3 Å². The van der Waals surface area contributed by atoms with Crippen molar-refractivity contribution in [1.82, 2.24) is 24.3 Å². The van der Waals surface area contributed by atoms with Crippen LogP contribution in [-0.2, 0) is 13.1 Å². The number of hydrogen-bond donors (Lipinski definition) is 0. The lowest BCUT2D eigenvalue weighted by Crippen LogP contribution is -2.54. The fourth-order valence-corrected chi connectivity index (χ4v) is 5.54. The van der Waals surface area contributed by atoms with Crippen LogP contribution in [0.2, 0.25) is 5.02 Å². The summed E-state index contributed by atoms with van der Waals surface area (Å²) in [4.78, 5) is 22.1. The quantitative estimate of drug-likeness (QED) is 0.470. The van der Waals surface area contributed by atoms with E-state index in [0.29, 0.717) is 18.6 Å². The van der Waals surface area contributed by atoms with Crippen molar-refractivity contribution >= 4 is 17.4 Å². The topological polar surface area (TPSA) is 79.9 Å². The summed E-state index contributed by atoms with van der Waals surface area (Å²) in [7, 11) is 0. The third-order valence-electron chi connectivity index (χ3n) is 7.11. The van der Waals surface area contributed by atoms with Gasteiger partial charge in [0, 0.05) is 55.3 Å². The molecule has 1 aromatic heterocycles. The number of aromatic nitrogens is 2. The molecule has 0 unspecified atom stereocenters. The highest BCUT2D eigenvalue weighted by molar-refractivity contribution is 6.30. The van der Waals surface area contributed by atoms with Crippen molar-refractivity contribution in [3.63, 3.8) is 0 Å². The molecule has 3 aliphatic rings. The fraction of sp³-hybridized carbons (Fsp3) is 0.609. The Kier molecular flexibility index (Phi) is 6.30. The molecule has 0 aliphatic carbocycles. The largest absolute Gasteiger partial charge is 0.436 e. The first-order valence-corrected chi connectivity index (χ1v) is 12.1. The van der Waals surface area contributed by atoms with Crippen molar-refractivity contribution in [3.8, 4) is 6.01 Å². The van der Waals surface area contributed by atoms with Gasteiger partial charge in [-0.15, -0.1) is 0 Å². The van der Waals surface area contributed by atoms with Crippen molar-refractivity contribution < 1.29 is 9.66 Å². The molecule has 5 rings (SSSR count). The summed E-state index contributed by atoms with van der Waals surface area (Å²) in [5.74, 6) is -0.152. The summed E-state index contributed by atoms with van der Waals surface area (Å²) in [6, 6.07) is 9.18. The second kappa shape index (κ2) is 9.21. The number of piperidine rings is 1. The highest BCUT2D eigenvalue weighted by atomic mass is 35.5. The Morgan fingerprint density at radius 2 is 1.82 bits per heavy atom. The van der Waals surface area contributed by atoms with Gasteiger partial charge < -0.3 is 14.9 Å². The first-order chi connectivity index (χ1) is 15.9. The summed E-state index contributed by atoms with van der Waals surface area (Å²) in [5, 5.41) is 11.7. The van der Waals surface area contributed by atoms with E-state index >= 15 is 0 Å². The molecule has 0 amide bonds. The van der Waals surface area contributed by atoms with E-state index in [1.165, 1.54) is 24.6 Å². The molecule has 2 saturated heterocycles. The summed E-state index contributed by atoms with van der Waals surface area (Å²) in [6.45, 7) is 11.0. The van der Waals surface area contributed by atoms with Crippen LogP contribution in [0.5, 0.6) is 6.01 Å². The number of halogens is 1. The zero-order valence-electron chi connectivity index (χ0n) is 19.0. The van der Waals surface area contributed by atoms with Crippen LogP contribution in [0, 0.1) is 10.1 Å². The summed E-state index contributed by atoms with van der Waals surface area (Å²) < 4.78 is 7.78. The van der Waals surface area contributed by atoms with E-state index in [2.05, 4.69) is 38.7 Å². The van der Waals surface area contributed by atoms with Crippen LogP contribution >= 0.6 is 11.6 Å². The maximum atomic E-state index is 10.9. The van der Waals surface area contributed by atoms with E-state index in [4.69, 9.17) is 16.3 Å². The van der Waals surface area contributed by atoms with Crippen molar-refractivity contribution in [1.29, 1.82) is 0 Å².